The van der Waals surface area contributed by atoms with Gasteiger partial charge in [-0.2, -0.15) is 0 Å². The van der Waals surface area contributed by atoms with Gasteiger partial charge in [0.1, 0.15) is 10.8 Å². The Labute approximate surface area is 189 Å². The van der Waals surface area contributed by atoms with Crippen molar-refractivity contribution in [2.75, 3.05) is 44.7 Å². The summed E-state index contributed by atoms with van der Waals surface area (Å²) in [4.78, 5) is 15.5. The van der Waals surface area contributed by atoms with E-state index in [2.05, 4.69) is 53.0 Å². The van der Waals surface area contributed by atoms with Gasteiger partial charge in [-0.3, -0.25) is 0 Å². The van der Waals surface area contributed by atoms with E-state index < -0.39 is 0 Å². The zero-order valence-electron chi connectivity index (χ0n) is 17.1. The third kappa shape index (κ3) is 5.73. The van der Waals surface area contributed by atoms with Crippen molar-refractivity contribution in [2.24, 2.45) is 4.99 Å². The van der Waals surface area contributed by atoms with E-state index in [1.165, 1.54) is 10.6 Å². The molecular formula is C20H30IN5OS. The average molecular weight is 515 g/mol. The van der Waals surface area contributed by atoms with Crippen LogP contribution >= 0.6 is 35.3 Å². The lowest BCUT2D eigenvalue weighted by Gasteiger charge is -2.37. The second kappa shape index (κ2) is 10.8. The van der Waals surface area contributed by atoms with Gasteiger partial charge < -0.3 is 19.9 Å². The summed E-state index contributed by atoms with van der Waals surface area (Å²) < 4.78 is 5.25. The Bertz CT molecular complexity index is 750. The summed E-state index contributed by atoms with van der Waals surface area (Å²) in [7, 11) is 1.70. The van der Waals surface area contributed by atoms with Crippen LogP contribution in [0.5, 0.6) is 5.75 Å². The maximum Gasteiger partial charge on any atom is 0.194 e. The molecule has 0 unspecified atom stereocenters. The molecule has 2 aromatic rings. The normalized spacial score (nSPS) is 14.6. The van der Waals surface area contributed by atoms with E-state index in [1.807, 2.05) is 12.1 Å². The van der Waals surface area contributed by atoms with Crippen LogP contribution in [0.25, 0.3) is 0 Å². The number of rotatable bonds is 5. The lowest BCUT2D eigenvalue weighted by molar-refractivity contribution is 0.372. The standard InChI is InChI=1S/C20H29N5OS.HI/c1-5-21-20(22-14-19-23-15(2)16(3)27-19)25-12-10-24(11-13-25)17-6-8-18(26-4)9-7-17;/h6-9H,5,10-14H2,1-4H3,(H,21,22);1H. The van der Waals surface area contributed by atoms with Gasteiger partial charge in [-0.25, -0.2) is 9.98 Å². The number of hydrogen-bond acceptors (Lipinski definition) is 5. The van der Waals surface area contributed by atoms with Gasteiger partial charge in [0.15, 0.2) is 5.96 Å². The minimum absolute atomic E-state index is 0. The molecule has 1 aromatic heterocycles. The number of aryl methyl sites for hydroxylation is 2. The molecule has 28 heavy (non-hydrogen) atoms. The fourth-order valence-corrected chi connectivity index (χ4v) is 4.00. The second-order valence-electron chi connectivity index (χ2n) is 6.59. The molecular weight excluding hydrogens is 485 g/mol. The topological polar surface area (TPSA) is 53.0 Å². The van der Waals surface area contributed by atoms with Crippen molar-refractivity contribution in [3.63, 3.8) is 0 Å². The van der Waals surface area contributed by atoms with Crippen molar-refractivity contribution in [3.05, 3.63) is 39.8 Å². The molecule has 0 radical (unpaired) electrons. The lowest BCUT2D eigenvalue weighted by atomic mass is 10.2. The molecule has 0 spiro atoms. The summed E-state index contributed by atoms with van der Waals surface area (Å²) in [5.41, 5.74) is 2.36. The Kier molecular flexibility index (Phi) is 8.81. The van der Waals surface area contributed by atoms with Crippen molar-refractivity contribution in [1.82, 2.24) is 15.2 Å². The minimum atomic E-state index is 0. The van der Waals surface area contributed by atoms with Gasteiger partial charge in [0.2, 0.25) is 0 Å². The van der Waals surface area contributed by atoms with E-state index in [0.717, 1.165) is 55.1 Å². The van der Waals surface area contributed by atoms with Gasteiger partial charge in [0.05, 0.1) is 19.3 Å². The second-order valence-corrected chi connectivity index (χ2v) is 7.88. The van der Waals surface area contributed by atoms with Gasteiger partial charge in [-0.05, 0) is 45.0 Å². The van der Waals surface area contributed by atoms with Crippen molar-refractivity contribution in [2.45, 2.75) is 27.3 Å². The van der Waals surface area contributed by atoms with Crippen molar-refractivity contribution in [3.8, 4) is 5.75 Å². The van der Waals surface area contributed by atoms with E-state index in [1.54, 1.807) is 18.4 Å². The smallest absolute Gasteiger partial charge is 0.194 e. The van der Waals surface area contributed by atoms with Crippen LogP contribution in [0.15, 0.2) is 29.3 Å². The molecule has 8 heteroatoms. The molecule has 0 saturated carbocycles. The molecule has 1 aliphatic rings. The first kappa shape index (κ1) is 22.7. The minimum Gasteiger partial charge on any atom is -0.497 e. The monoisotopic (exact) mass is 515 g/mol. The number of nitrogens with one attached hydrogen (secondary N) is 1. The molecule has 3 rings (SSSR count). The number of hydrogen-bond donors (Lipinski definition) is 1. The van der Waals surface area contributed by atoms with Crippen molar-refractivity contribution in [1.29, 1.82) is 0 Å². The lowest BCUT2D eigenvalue weighted by Crippen LogP contribution is -2.52. The number of piperazine rings is 1. The number of aliphatic imine (C=N–C) groups is 1. The maximum absolute atomic E-state index is 5.25. The third-order valence-electron chi connectivity index (χ3n) is 4.79. The Balaban J connectivity index is 0.00000280. The number of methoxy groups -OCH3 is 1. The highest BCUT2D eigenvalue weighted by molar-refractivity contribution is 14.0. The Hall–Kier alpha value is -1.55. The van der Waals surface area contributed by atoms with Crippen LogP contribution in [0, 0.1) is 13.8 Å². The van der Waals surface area contributed by atoms with Crippen LogP contribution in [-0.2, 0) is 6.54 Å². The number of thiazole rings is 1. The number of halogens is 1. The molecule has 2 heterocycles. The number of guanidine groups is 1. The predicted octanol–water partition coefficient (Wildman–Crippen LogP) is 3.67. The largest absolute Gasteiger partial charge is 0.497 e. The zero-order valence-corrected chi connectivity index (χ0v) is 20.2. The fourth-order valence-electron chi connectivity index (χ4n) is 3.14. The molecule has 154 valence electrons. The highest BCUT2D eigenvalue weighted by Gasteiger charge is 2.20. The summed E-state index contributed by atoms with van der Waals surface area (Å²) in [6.45, 7) is 11.7. The molecule has 0 bridgehead atoms. The van der Waals surface area contributed by atoms with Crippen molar-refractivity contribution < 1.29 is 4.74 Å². The molecule has 1 saturated heterocycles. The average Bonchev–Trinajstić information content (AvgIpc) is 3.03. The molecule has 1 fully saturated rings. The fraction of sp³-hybridized carbons (Fsp3) is 0.500. The van der Waals surface area contributed by atoms with Gasteiger partial charge in [0.25, 0.3) is 0 Å². The first-order valence-electron chi connectivity index (χ1n) is 9.46. The first-order chi connectivity index (χ1) is 13.1. The van der Waals surface area contributed by atoms with E-state index in [0.29, 0.717) is 6.54 Å². The molecule has 1 N–H and O–H groups in total. The van der Waals surface area contributed by atoms with Gasteiger partial charge in [-0.15, -0.1) is 35.3 Å². The zero-order chi connectivity index (χ0) is 19.2. The van der Waals surface area contributed by atoms with Crippen LogP contribution in [0.4, 0.5) is 5.69 Å². The summed E-state index contributed by atoms with van der Waals surface area (Å²) in [5, 5.41) is 4.51. The molecule has 0 atom stereocenters. The van der Waals surface area contributed by atoms with E-state index in [4.69, 9.17) is 9.73 Å². The quantitative estimate of drug-likeness (QED) is 0.374. The number of anilines is 1. The molecule has 6 nitrogen and oxygen atoms in total. The predicted molar refractivity (Wildman–Crippen MR) is 129 cm³/mol. The van der Waals surface area contributed by atoms with E-state index in [-0.39, 0.29) is 24.0 Å². The van der Waals surface area contributed by atoms with E-state index in [9.17, 15) is 0 Å². The summed E-state index contributed by atoms with van der Waals surface area (Å²) in [6.07, 6.45) is 0. The van der Waals surface area contributed by atoms with Crippen LogP contribution < -0.4 is 15.0 Å². The summed E-state index contributed by atoms with van der Waals surface area (Å²) >= 11 is 1.74. The van der Waals surface area contributed by atoms with Crippen LogP contribution in [0.2, 0.25) is 0 Å². The number of ether oxygens (including phenoxy) is 1. The van der Waals surface area contributed by atoms with Crippen LogP contribution in [0.3, 0.4) is 0 Å². The van der Waals surface area contributed by atoms with Gasteiger partial charge >= 0.3 is 0 Å². The van der Waals surface area contributed by atoms with E-state index >= 15 is 0 Å². The molecule has 0 aliphatic carbocycles. The highest BCUT2D eigenvalue weighted by atomic mass is 127. The maximum atomic E-state index is 5.25. The molecule has 1 aromatic carbocycles. The first-order valence-corrected chi connectivity index (χ1v) is 10.3. The van der Waals surface area contributed by atoms with Gasteiger partial charge in [0, 0.05) is 43.3 Å². The summed E-state index contributed by atoms with van der Waals surface area (Å²) in [6, 6.07) is 8.29. The third-order valence-corrected chi connectivity index (χ3v) is 5.85. The number of aromatic nitrogens is 1. The Morgan fingerprint density at radius 1 is 1.18 bits per heavy atom. The number of benzene rings is 1. The van der Waals surface area contributed by atoms with Gasteiger partial charge in [-0.1, -0.05) is 0 Å². The van der Waals surface area contributed by atoms with Crippen LogP contribution in [-0.4, -0.2) is 55.7 Å². The Morgan fingerprint density at radius 2 is 1.86 bits per heavy atom. The number of nitrogens with zero attached hydrogens (tertiary/aromatic N) is 4. The molecule has 0 amide bonds. The molecule has 1 aliphatic heterocycles. The van der Waals surface area contributed by atoms with Crippen LogP contribution in [0.1, 0.15) is 22.5 Å². The SMILES string of the molecule is CCNC(=NCc1nc(C)c(C)s1)N1CCN(c2ccc(OC)cc2)CC1.I. The highest BCUT2D eigenvalue weighted by Crippen LogP contribution is 2.21. The summed E-state index contributed by atoms with van der Waals surface area (Å²) in [5.74, 6) is 1.88. The Morgan fingerprint density at radius 3 is 2.39 bits per heavy atom. The van der Waals surface area contributed by atoms with Crippen molar-refractivity contribution >= 4 is 47.0 Å².